The van der Waals surface area contributed by atoms with Gasteiger partial charge in [-0.1, -0.05) is 18.2 Å². The summed E-state index contributed by atoms with van der Waals surface area (Å²) in [5.41, 5.74) is 3.02. The number of likely N-dealkylation sites (N-methyl/N-ethyl adjacent to an activating group) is 1. The summed E-state index contributed by atoms with van der Waals surface area (Å²) < 4.78 is 0. The molecule has 2 fully saturated rings. The van der Waals surface area contributed by atoms with Crippen LogP contribution in [0.3, 0.4) is 0 Å². The van der Waals surface area contributed by atoms with Crippen molar-refractivity contribution >= 4 is 28.7 Å². The lowest BCUT2D eigenvalue weighted by atomic mass is 9.82. The number of carbonyl (C=O) groups is 2. The smallest absolute Gasteiger partial charge is 0.404 e. The van der Waals surface area contributed by atoms with Crippen molar-refractivity contribution < 1.29 is 14.7 Å². The predicted octanol–water partition coefficient (Wildman–Crippen LogP) is 3.85. The molecular weight excluding hydrogens is 480 g/mol. The molecule has 0 spiro atoms. The Hall–Kier alpha value is -3.72. The predicted molar refractivity (Wildman–Crippen MR) is 148 cm³/mol. The van der Waals surface area contributed by atoms with Crippen LogP contribution in [0.1, 0.15) is 36.0 Å². The number of nitrogens with zero attached hydrogens (tertiary/aromatic N) is 4. The Morgan fingerprint density at radius 1 is 0.947 bits per heavy atom. The van der Waals surface area contributed by atoms with E-state index in [1.54, 1.807) is 0 Å². The first-order valence-corrected chi connectivity index (χ1v) is 13.5. The molecule has 9 heteroatoms. The van der Waals surface area contributed by atoms with Crippen LogP contribution in [0.15, 0.2) is 48.7 Å². The number of hydrogen-bond acceptors (Lipinski definition) is 6. The second-order valence-electron chi connectivity index (χ2n) is 10.6. The average Bonchev–Trinajstić information content (AvgIpc) is 2.95. The zero-order chi connectivity index (χ0) is 26.5. The summed E-state index contributed by atoms with van der Waals surface area (Å²) in [6.07, 6.45) is 4.80. The number of benzene rings is 1. The van der Waals surface area contributed by atoms with Gasteiger partial charge in [0.05, 0.1) is 16.8 Å². The molecule has 38 heavy (non-hydrogen) atoms. The van der Waals surface area contributed by atoms with Crippen LogP contribution in [-0.4, -0.2) is 78.3 Å². The van der Waals surface area contributed by atoms with E-state index in [1.807, 2.05) is 48.7 Å². The number of nitrogens with one attached hydrogen (secondary N) is 2. The zero-order valence-electron chi connectivity index (χ0n) is 21.9. The third kappa shape index (κ3) is 6.22. The number of para-hydroxylation sites is 1. The number of piperazine rings is 1. The normalized spacial score (nSPS) is 20.3. The monoisotopic (exact) mass is 516 g/mol. The van der Waals surface area contributed by atoms with Crippen LogP contribution in [-0.2, 0) is 0 Å². The van der Waals surface area contributed by atoms with Gasteiger partial charge in [0.1, 0.15) is 5.82 Å². The third-order valence-corrected chi connectivity index (χ3v) is 7.89. The van der Waals surface area contributed by atoms with Gasteiger partial charge in [0.15, 0.2) is 0 Å². The first kappa shape index (κ1) is 25.9. The molecule has 1 aliphatic carbocycles. The molecule has 1 aliphatic heterocycles. The van der Waals surface area contributed by atoms with Gasteiger partial charge in [-0.25, -0.2) is 14.8 Å². The molecule has 1 saturated carbocycles. The highest BCUT2D eigenvalue weighted by atomic mass is 16.4. The lowest BCUT2D eigenvalue weighted by Gasteiger charge is -2.33. The highest BCUT2D eigenvalue weighted by Crippen LogP contribution is 2.29. The molecule has 0 bridgehead atoms. The lowest BCUT2D eigenvalue weighted by molar-refractivity contribution is 0.0942. The molecule has 9 nitrogen and oxygen atoms in total. The number of amides is 2. The Morgan fingerprint density at radius 3 is 2.29 bits per heavy atom. The van der Waals surface area contributed by atoms with Gasteiger partial charge >= 0.3 is 6.09 Å². The minimum absolute atomic E-state index is 0.0958. The van der Waals surface area contributed by atoms with Crippen molar-refractivity contribution in [2.75, 3.05) is 51.2 Å². The van der Waals surface area contributed by atoms with Crippen LogP contribution in [0, 0.1) is 11.8 Å². The van der Waals surface area contributed by atoms with Gasteiger partial charge in [0.2, 0.25) is 0 Å². The van der Waals surface area contributed by atoms with Crippen molar-refractivity contribution in [3.8, 4) is 11.3 Å². The number of anilines is 1. The maximum absolute atomic E-state index is 13.4. The van der Waals surface area contributed by atoms with E-state index in [4.69, 9.17) is 15.1 Å². The molecule has 3 heterocycles. The maximum Gasteiger partial charge on any atom is 0.404 e. The van der Waals surface area contributed by atoms with Crippen molar-refractivity contribution in [1.82, 2.24) is 25.5 Å². The van der Waals surface area contributed by atoms with E-state index in [2.05, 4.69) is 27.5 Å². The molecule has 3 aromatic rings. The van der Waals surface area contributed by atoms with Crippen LogP contribution < -0.4 is 15.5 Å². The SMILES string of the molecule is CN1CCN(c2ccc(-c3cc(C(=O)NC[C@H]4CC[C@H](CNC(=O)O)CC4)c4ccccc4n3)cn2)CC1. The van der Waals surface area contributed by atoms with Gasteiger partial charge in [-0.2, -0.15) is 0 Å². The first-order chi connectivity index (χ1) is 18.5. The summed E-state index contributed by atoms with van der Waals surface area (Å²) in [7, 11) is 2.14. The number of hydrogen-bond donors (Lipinski definition) is 3. The van der Waals surface area contributed by atoms with Gasteiger partial charge in [0.25, 0.3) is 5.91 Å². The minimum atomic E-state index is -0.968. The summed E-state index contributed by atoms with van der Waals surface area (Å²) in [6, 6.07) is 13.7. The van der Waals surface area contributed by atoms with E-state index in [1.165, 1.54) is 0 Å². The number of carboxylic acid groups (broad SMARTS) is 1. The van der Waals surface area contributed by atoms with Gasteiger partial charge in [-0.3, -0.25) is 4.79 Å². The number of fused-ring (bicyclic) bond motifs is 1. The molecular formula is C29H36N6O3. The molecule has 0 unspecified atom stereocenters. The summed E-state index contributed by atoms with van der Waals surface area (Å²) in [6.45, 7) is 5.09. The largest absolute Gasteiger partial charge is 0.465 e. The van der Waals surface area contributed by atoms with Crippen molar-refractivity contribution in [3.63, 3.8) is 0 Å². The van der Waals surface area contributed by atoms with E-state index in [0.717, 1.165) is 79.8 Å². The molecule has 2 aromatic heterocycles. The maximum atomic E-state index is 13.4. The first-order valence-electron chi connectivity index (χ1n) is 13.5. The summed E-state index contributed by atoms with van der Waals surface area (Å²) in [5, 5.41) is 15.3. The highest BCUT2D eigenvalue weighted by Gasteiger charge is 2.23. The van der Waals surface area contributed by atoms with Crippen LogP contribution >= 0.6 is 0 Å². The topological polar surface area (TPSA) is 111 Å². The van der Waals surface area contributed by atoms with Gasteiger partial charge in [-0.05, 0) is 68.8 Å². The molecule has 2 amide bonds. The molecule has 1 aromatic carbocycles. The van der Waals surface area contributed by atoms with Gasteiger partial charge in [-0.15, -0.1) is 0 Å². The van der Waals surface area contributed by atoms with Gasteiger partial charge < -0.3 is 25.5 Å². The van der Waals surface area contributed by atoms with E-state index in [-0.39, 0.29) is 5.91 Å². The highest BCUT2D eigenvalue weighted by molar-refractivity contribution is 6.07. The zero-order valence-corrected chi connectivity index (χ0v) is 21.9. The summed E-state index contributed by atoms with van der Waals surface area (Å²) >= 11 is 0. The molecule has 200 valence electrons. The van der Waals surface area contributed by atoms with Crippen LogP contribution in [0.25, 0.3) is 22.2 Å². The average molecular weight is 517 g/mol. The summed E-state index contributed by atoms with van der Waals surface area (Å²) in [4.78, 5) is 38.3. The third-order valence-electron chi connectivity index (χ3n) is 7.89. The number of aromatic nitrogens is 2. The molecule has 0 atom stereocenters. The minimum Gasteiger partial charge on any atom is -0.465 e. The van der Waals surface area contributed by atoms with E-state index >= 15 is 0 Å². The Bertz CT molecular complexity index is 1270. The van der Waals surface area contributed by atoms with Crippen molar-refractivity contribution in [3.05, 3.63) is 54.2 Å². The second-order valence-corrected chi connectivity index (χ2v) is 10.6. The fraction of sp³-hybridized carbons (Fsp3) is 0.448. The van der Waals surface area contributed by atoms with Crippen molar-refractivity contribution in [2.24, 2.45) is 11.8 Å². The fourth-order valence-corrected chi connectivity index (χ4v) is 5.47. The second kappa shape index (κ2) is 11.8. The number of carbonyl (C=O) groups excluding carboxylic acids is 1. The lowest BCUT2D eigenvalue weighted by Crippen LogP contribution is -2.44. The number of pyridine rings is 2. The van der Waals surface area contributed by atoms with Crippen LogP contribution in [0.5, 0.6) is 0 Å². The van der Waals surface area contributed by atoms with E-state index in [9.17, 15) is 9.59 Å². The standard InChI is InChI=1S/C29H36N6O3/c1-34-12-14-35(15-13-34)27-11-10-22(19-30-27)26-16-24(23-4-2-3-5-25(23)33-26)28(36)31-17-20-6-8-21(9-7-20)18-32-29(37)38/h2-5,10-11,16,19-21,32H,6-9,12-15,17-18H2,1H3,(H,31,36)(H,37,38)/t20-,21-. The molecule has 1 saturated heterocycles. The van der Waals surface area contributed by atoms with Gasteiger partial charge in [0, 0.05) is 56.4 Å². The molecule has 5 rings (SSSR count). The van der Waals surface area contributed by atoms with E-state index < -0.39 is 6.09 Å². The quantitative estimate of drug-likeness (QED) is 0.437. The summed E-state index contributed by atoms with van der Waals surface area (Å²) in [5.74, 6) is 1.65. The van der Waals surface area contributed by atoms with Crippen molar-refractivity contribution in [2.45, 2.75) is 25.7 Å². The molecule has 3 N–H and O–H groups in total. The van der Waals surface area contributed by atoms with Crippen LogP contribution in [0.2, 0.25) is 0 Å². The molecule has 2 aliphatic rings. The Balaban J connectivity index is 1.27. The van der Waals surface area contributed by atoms with Crippen LogP contribution in [0.4, 0.5) is 10.6 Å². The number of rotatable bonds is 7. The van der Waals surface area contributed by atoms with E-state index in [0.29, 0.717) is 30.5 Å². The Kier molecular flexibility index (Phi) is 8.03. The molecule has 0 radical (unpaired) electrons. The fourth-order valence-electron chi connectivity index (χ4n) is 5.47. The Morgan fingerprint density at radius 2 is 1.63 bits per heavy atom. The van der Waals surface area contributed by atoms with Crippen molar-refractivity contribution in [1.29, 1.82) is 0 Å². The Labute approximate surface area is 223 Å².